The number of H-pyrrole nitrogens is 1. The Hall–Kier alpha value is -2.76. The van der Waals surface area contributed by atoms with Crippen molar-refractivity contribution in [2.45, 2.75) is 19.9 Å². The molecular formula is C17H18N4O2. The minimum Gasteiger partial charge on any atom is -0.328 e. The third-order valence-corrected chi connectivity index (χ3v) is 3.88. The molecule has 0 saturated heterocycles. The van der Waals surface area contributed by atoms with Crippen LogP contribution in [0.15, 0.2) is 47.5 Å². The van der Waals surface area contributed by atoms with Gasteiger partial charge in [0, 0.05) is 18.9 Å². The standard InChI is InChI=1S/C17H18N4O2/c1-11(2)14-7-5-9-21(14)17(23)12-10-19-15(20-16(12)22)13-6-3-4-8-18-13/h3-8,10-11,14H,9H2,1-2H3,(H,19,20,22). The predicted octanol–water partition coefficient (Wildman–Crippen LogP) is 1.87. The smallest absolute Gasteiger partial charge is 0.264 e. The van der Waals surface area contributed by atoms with Gasteiger partial charge in [-0.2, -0.15) is 0 Å². The van der Waals surface area contributed by atoms with Gasteiger partial charge in [0.2, 0.25) is 0 Å². The van der Waals surface area contributed by atoms with Crippen LogP contribution >= 0.6 is 0 Å². The summed E-state index contributed by atoms with van der Waals surface area (Å²) in [6.45, 7) is 4.61. The first kappa shape index (κ1) is 15.1. The van der Waals surface area contributed by atoms with Crippen molar-refractivity contribution in [3.8, 4) is 11.5 Å². The Morgan fingerprint density at radius 2 is 2.17 bits per heavy atom. The topological polar surface area (TPSA) is 79.0 Å². The van der Waals surface area contributed by atoms with E-state index in [-0.39, 0.29) is 23.4 Å². The van der Waals surface area contributed by atoms with Crippen molar-refractivity contribution in [2.75, 3.05) is 6.54 Å². The summed E-state index contributed by atoms with van der Waals surface area (Å²) < 4.78 is 0. The molecule has 0 aliphatic carbocycles. The second kappa shape index (κ2) is 6.16. The van der Waals surface area contributed by atoms with Gasteiger partial charge in [-0.05, 0) is 18.1 Å². The van der Waals surface area contributed by atoms with Gasteiger partial charge in [0.05, 0.1) is 6.04 Å². The monoisotopic (exact) mass is 310 g/mol. The normalized spacial score (nSPS) is 17.0. The molecule has 6 nitrogen and oxygen atoms in total. The van der Waals surface area contributed by atoms with Crippen LogP contribution in [0.3, 0.4) is 0 Å². The van der Waals surface area contributed by atoms with E-state index in [0.29, 0.717) is 18.1 Å². The molecule has 0 saturated carbocycles. The molecule has 0 bridgehead atoms. The average Bonchev–Trinajstić information content (AvgIpc) is 3.05. The molecule has 1 aliphatic heterocycles. The summed E-state index contributed by atoms with van der Waals surface area (Å²) in [7, 11) is 0. The van der Waals surface area contributed by atoms with E-state index in [1.54, 1.807) is 23.2 Å². The molecule has 118 valence electrons. The van der Waals surface area contributed by atoms with E-state index in [4.69, 9.17) is 0 Å². The highest BCUT2D eigenvalue weighted by Crippen LogP contribution is 2.19. The molecule has 2 aromatic rings. The Kier molecular flexibility index (Phi) is 4.06. The van der Waals surface area contributed by atoms with Crippen LogP contribution in [0.1, 0.15) is 24.2 Å². The van der Waals surface area contributed by atoms with Gasteiger partial charge in [-0.15, -0.1) is 0 Å². The molecule has 3 rings (SSSR count). The number of nitrogens with one attached hydrogen (secondary N) is 1. The number of carbonyl (C=O) groups is 1. The molecule has 0 aromatic carbocycles. The minimum atomic E-state index is -0.444. The molecule has 0 fully saturated rings. The highest BCUT2D eigenvalue weighted by Gasteiger charge is 2.29. The lowest BCUT2D eigenvalue weighted by atomic mass is 10.0. The van der Waals surface area contributed by atoms with Gasteiger partial charge >= 0.3 is 0 Å². The summed E-state index contributed by atoms with van der Waals surface area (Å²) >= 11 is 0. The highest BCUT2D eigenvalue weighted by atomic mass is 16.2. The Bertz CT molecular complexity index is 796. The van der Waals surface area contributed by atoms with Crippen LogP contribution in [-0.2, 0) is 0 Å². The lowest BCUT2D eigenvalue weighted by Gasteiger charge is -2.27. The summed E-state index contributed by atoms with van der Waals surface area (Å²) in [6.07, 6.45) is 6.91. The van der Waals surface area contributed by atoms with Gasteiger partial charge in [-0.25, -0.2) is 4.98 Å². The lowest BCUT2D eigenvalue weighted by molar-refractivity contribution is 0.0718. The maximum Gasteiger partial charge on any atom is 0.264 e. The van der Waals surface area contributed by atoms with Crippen molar-refractivity contribution < 1.29 is 4.79 Å². The van der Waals surface area contributed by atoms with Gasteiger partial charge in [0.1, 0.15) is 11.3 Å². The van der Waals surface area contributed by atoms with Gasteiger partial charge in [0.15, 0.2) is 5.82 Å². The summed E-state index contributed by atoms with van der Waals surface area (Å²) in [5.74, 6) is 0.347. The van der Waals surface area contributed by atoms with Crippen LogP contribution in [0.25, 0.3) is 11.5 Å². The van der Waals surface area contributed by atoms with Crippen LogP contribution in [0.5, 0.6) is 0 Å². The van der Waals surface area contributed by atoms with E-state index >= 15 is 0 Å². The van der Waals surface area contributed by atoms with Crippen LogP contribution in [0, 0.1) is 5.92 Å². The summed E-state index contributed by atoms with van der Waals surface area (Å²) in [5.41, 5.74) is 0.172. The molecule has 1 atom stereocenters. The van der Waals surface area contributed by atoms with E-state index in [2.05, 4.69) is 15.0 Å². The average molecular weight is 310 g/mol. The second-order valence-corrected chi connectivity index (χ2v) is 5.81. The number of aromatic nitrogens is 3. The van der Waals surface area contributed by atoms with Crippen molar-refractivity contribution in [3.05, 3.63) is 58.7 Å². The Balaban J connectivity index is 1.90. The first-order valence-electron chi connectivity index (χ1n) is 7.56. The molecule has 3 heterocycles. The maximum atomic E-state index is 12.6. The van der Waals surface area contributed by atoms with Crippen molar-refractivity contribution in [1.82, 2.24) is 19.9 Å². The Morgan fingerprint density at radius 3 is 2.83 bits per heavy atom. The van der Waals surface area contributed by atoms with Gasteiger partial charge < -0.3 is 9.88 Å². The number of pyridine rings is 1. The number of hydrogen-bond acceptors (Lipinski definition) is 4. The largest absolute Gasteiger partial charge is 0.328 e. The van der Waals surface area contributed by atoms with E-state index in [1.165, 1.54) is 6.20 Å². The molecule has 0 spiro atoms. The van der Waals surface area contributed by atoms with E-state index < -0.39 is 5.56 Å². The number of hydrogen-bond donors (Lipinski definition) is 1. The first-order valence-corrected chi connectivity index (χ1v) is 7.56. The van der Waals surface area contributed by atoms with Crippen molar-refractivity contribution in [3.63, 3.8) is 0 Å². The Labute approximate surface area is 133 Å². The molecule has 6 heteroatoms. The molecule has 1 N–H and O–H groups in total. The SMILES string of the molecule is CC(C)C1C=CCN1C(=O)c1cnc(-c2ccccn2)[nH]c1=O. The maximum absolute atomic E-state index is 12.6. The third kappa shape index (κ3) is 2.92. The number of rotatable bonds is 3. The highest BCUT2D eigenvalue weighted by molar-refractivity contribution is 5.94. The summed E-state index contributed by atoms with van der Waals surface area (Å²) in [6, 6.07) is 5.35. The fourth-order valence-corrected chi connectivity index (χ4v) is 2.67. The molecule has 1 amide bonds. The van der Waals surface area contributed by atoms with Crippen LogP contribution in [0.2, 0.25) is 0 Å². The minimum absolute atomic E-state index is 0.0115. The van der Waals surface area contributed by atoms with Gasteiger partial charge in [-0.3, -0.25) is 14.6 Å². The summed E-state index contributed by atoms with van der Waals surface area (Å²) in [4.78, 5) is 37.6. The zero-order valence-electron chi connectivity index (χ0n) is 13.1. The van der Waals surface area contributed by atoms with Crippen molar-refractivity contribution in [2.24, 2.45) is 5.92 Å². The molecule has 1 unspecified atom stereocenters. The van der Waals surface area contributed by atoms with Gasteiger partial charge in [-0.1, -0.05) is 32.1 Å². The van der Waals surface area contributed by atoms with E-state index in [0.717, 1.165) is 0 Å². The van der Waals surface area contributed by atoms with Crippen molar-refractivity contribution >= 4 is 5.91 Å². The molecule has 0 radical (unpaired) electrons. The van der Waals surface area contributed by atoms with Crippen LogP contribution in [-0.4, -0.2) is 38.3 Å². The molecule has 1 aliphatic rings. The van der Waals surface area contributed by atoms with Gasteiger partial charge in [0.25, 0.3) is 11.5 Å². The van der Waals surface area contributed by atoms with Crippen molar-refractivity contribution in [1.29, 1.82) is 0 Å². The summed E-state index contributed by atoms with van der Waals surface area (Å²) in [5, 5.41) is 0. The molecule has 23 heavy (non-hydrogen) atoms. The zero-order chi connectivity index (χ0) is 16.4. The quantitative estimate of drug-likeness (QED) is 0.878. The van der Waals surface area contributed by atoms with E-state index in [9.17, 15) is 9.59 Å². The van der Waals surface area contributed by atoms with E-state index in [1.807, 2.05) is 32.1 Å². The first-order chi connectivity index (χ1) is 11.1. The second-order valence-electron chi connectivity index (χ2n) is 5.81. The lowest BCUT2D eigenvalue weighted by Crippen LogP contribution is -2.41. The number of carbonyl (C=O) groups excluding carboxylic acids is 1. The zero-order valence-corrected chi connectivity index (χ0v) is 13.1. The number of amides is 1. The molecule has 2 aromatic heterocycles. The van der Waals surface area contributed by atoms with Crippen LogP contribution in [0.4, 0.5) is 0 Å². The van der Waals surface area contributed by atoms with Crippen LogP contribution < -0.4 is 5.56 Å². The number of aromatic amines is 1. The fraction of sp³-hybridized carbons (Fsp3) is 0.294. The molecular weight excluding hydrogens is 292 g/mol. The number of nitrogens with zero attached hydrogens (tertiary/aromatic N) is 3. The Morgan fingerprint density at radius 1 is 1.35 bits per heavy atom. The fourth-order valence-electron chi connectivity index (χ4n) is 2.67. The third-order valence-electron chi connectivity index (χ3n) is 3.88. The predicted molar refractivity (Wildman–Crippen MR) is 86.9 cm³/mol.